The van der Waals surface area contributed by atoms with E-state index in [2.05, 4.69) is 20.1 Å². The first kappa shape index (κ1) is 16.8. The van der Waals surface area contributed by atoms with Gasteiger partial charge in [-0.1, -0.05) is 6.92 Å². The summed E-state index contributed by atoms with van der Waals surface area (Å²) in [5.74, 6) is 0.970. The Balaban J connectivity index is 1.39. The Kier molecular flexibility index (Phi) is 4.17. The molecule has 0 aliphatic carbocycles. The highest BCUT2D eigenvalue weighted by molar-refractivity contribution is 5.83. The summed E-state index contributed by atoms with van der Waals surface area (Å²) in [5, 5.41) is 9.62. The van der Waals surface area contributed by atoms with E-state index in [9.17, 15) is 4.39 Å². The number of hydrogen-bond acceptors (Lipinski definition) is 6. The molecule has 8 heteroatoms. The van der Waals surface area contributed by atoms with E-state index in [0.717, 1.165) is 56.6 Å². The normalized spacial score (nSPS) is 19.6. The number of halogens is 1. The van der Waals surface area contributed by atoms with Gasteiger partial charge in [0.15, 0.2) is 0 Å². The molecule has 0 radical (unpaired) electrons. The predicted molar refractivity (Wildman–Crippen MR) is 96.4 cm³/mol. The molecule has 1 aromatic carbocycles. The summed E-state index contributed by atoms with van der Waals surface area (Å²) in [5.41, 5.74) is 1.56. The van der Waals surface area contributed by atoms with Gasteiger partial charge in [0.25, 0.3) is 5.95 Å². The minimum Gasteiger partial charge on any atom is -0.378 e. The number of benzene rings is 1. The van der Waals surface area contributed by atoms with Crippen LogP contribution in [0.3, 0.4) is 0 Å². The smallest absolute Gasteiger partial charge is 0.291 e. The van der Waals surface area contributed by atoms with Crippen LogP contribution in [0.4, 0.5) is 4.39 Å². The fourth-order valence-electron chi connectivity index (χ4n) is 3.99. The highest BCUT2D eigenvalue weighted by atomic mass is 19.1. The second-order valence-electron chi connectivity index (χ2n) is 7.31. The van der Waals surface area contributed by atoms with Gasteiger partial charge in [0.1, 0.15) is 5.82 Å². The van der Waals surface area contributed by atoms with Crippen LogP contribution in [0.5, 0.6) is 0 Å². The second kappa shape index (κ2) is 6.69. The first-order valence-electron chi connectivity index (χ1n) is 9.56. The van der Waals surface area contributed by atoms with Crippen LogP contribution in [0.2, 0.25) is 0 Å². The maximum atomic E-state index is 13.8. The van der Waals surface area contributed by atoms with Crippen molar-refractivity contribution >= 4 is 10.9 Å². The van der Waals surface area contributed by atoms with E-state index in [-0.39, 0.29) is 11.7 Å². The van der Waals surface area contributed by atoms with Crippen molar-refractivity contribution in [1.82, 2.24) is 24.8 Å². The molecule has 0 N–H and O–H groups in total. The average Bonchev–Trinajstić information content (AvgIpc) is 3.25. The van der Waals surface area contributed by atoms with Gasteiger partial charge in [-0.2, -0.15) is 14.8 Å². The molecule has 5 rings (SSSR count). The van der Waals surface area contributed by atoms with E-state index in [0.29, 0.717) is 23.4 Å². The summed E-state index contributed by atoms with van der Waals surface area (Å²) in [4.78, 5) is 7.07. The van der Waals surface area contributed by atoms with Crippen LogP contribution in [-0.4, -0.2) is 57.2 Å². The first-order chi connectivity index (χ1) is 13.2. The molecule has 2 aromatic heterocycles. The Hall–Kier alpha value is -2.32. The Bertz CT molecular complexity index is 956. The van der Waals surface area contributed by atoms with E-state index >= 15 is 0 Å². The van der Waals surface area contributed by atoms with Gasteiger partial charge in [-0.25, -0.2) is 4.39 Å². The van der Waals surface area contributed by atoms with Gasteiger partial charge in [-0.05, 0) is 49.6 Å². The quantitative estimate of drug-likeness (QED) is 0.702. The number of aryl methyl sites for hydroxylation is 1. The topological polar surface area (TPSA) is 69.2 Å². The molecule has 0 atom stereocenters. The molecule has 2 aliphatic rings. The third-order valence-electron chi connectivity index (χ3n) is 5.69. The van der Waals surface area contributed by atoms with Crippen molar-refractivity contribution in [1.29, 1.82) is 0 Å². The lowest BCUT2D eigenvalue weighted by Gasteiger charge is -2.40. The van der Waals surface area contributed by atoms with E-state index in [4.69, 9.17) is 9.26 Å². The zero-order valence-corrected chi connectivity index (χ0v) is 15.3. The predicted octanol–water partition coefficient (Wildman–Crippen LogP) is 2.69. The molecule has 2 aliphatic heterocycles. The fraction of sp³-hybridized carbons (Fsp3) is 0.526. The van der Waals surface area contributed by atoms with E-state index in [1.54, 1.807) is 10.7 Å². The van der Waals surface area contributed by atoms with Crippen LogP contribution in [0.15, 0.2) is 22.7 Å². The third-order valence-corrected chi connectivity index (χ3v) is 5.69. The second-order valence-corrected chi connectivity index (χ2v) is 7.31. The van der Waals surface area contributed by atoms with Crippen molar-refractivity contribution in [2.45, 2.75) is 38.1 Å². The summed E-state index contributed by atoms with van der Waals surface area (Å²) in [6.07, 6.45) is 2.74. The summed E-state index contributed by atoms with van der Waals surface area (Å²) in [7, 11) is 0. The van der Waals surface area contributed by atoms with Crippen LogP contribution in [0.25, 0.3) is 16.9 Å². The lowest BCUT2D eigenvalue weighted by molar-refractivity contribution is -0.0718. The SMILES string of the molecule is CCc1nn(-c2noc(C3CCN(C4COC4)CC3)n2)c2cc(F)ccc12. The van der Waals surface area contributed by atoms with Crippen LogP contribution in [-0.2, 0) is 11.2 Å². The Morgan fingerprint density at radius 3 is 2.74 bits per heavy atom. The van der Waals surface area contributed by atoms with Crippen molar-refractivity contribution < 1.29 is 13.7 Å². The van der Waals surface area contributed by atoms with Crippen LogP contribution >= 0.6 is 0 Å². The van der Waals surface area contributed by atoms with Gasteiger partial charge in [0, 0.05) is 17.4 Å². The minimum absolute atomic E-state index is 0.257. The number of fused-ring (bicyclic) bond motifs is 1. The molecule has 0 amide bonds. The number of ether oxygens (including phenoxy) is 1. The maximum Gasteiger partial charge on any atom is 0.291 e. The van der Waals surface area contributed by atoms with Gasteiger partial charge >= 0.3 is 0 Å². The lowest BCUT2D eigenvalue weighted by atomic mass is 9.95. The molecule has 3 aromatic rings. The summed E-state index contributed by atoms with van der Waals surface area (Å²) in [6, 6.07) is 5.25. The van der Waals surface area contributed by atoms with Gasteiger partial charge in [0.05, 0.1) is 30.5 Å². The monoisotopic (exact) mass is 371 g/mol. The van der Waals surface area contributed by atoms with Gasteiger partial charge in [-0.3, -0.25) is 4.90 Å². The standard InChI is InChI=1S/C19H22FN5O2/c1-2-16-15-4-3-13(20)9-17(15)25(22-16)19-21-18(27-23-19)12-5-7-24(8-6-12)14-10-26-11-14/h3-4,9,12,14H,2,5-8,10-11H2,1H3. The summed E-state index contributed by atoms with van der Waals surface area (Å²) >= 11 is 0. The Morgan fingerprint density at radius 2 is 2.04 bits per heavy atom. The highest BCUT2D eigenvalue weighted by Gasteiger charge is 2.32. The molecule has 0 bridgehead atoms. The van der Waals surface area contributed by atoms with Crippen molar-refractivity contribution in [3.8, 4) is 5.95 Å². The summed E-state index contributed by atoms with van der Waals surface area (Å²) < 4.78 is 26.2. The van der Waals surface area contributed by atoms with E-state index < -0.39 is 0 Å². The largest absolute Gasteiger partial charge is 0.378 e. The third kappa shape index (κ3) is 2.93. The van der Waals surface area contributed by atoms with Crippen LogP contribution < -0.4 is 0 Å². The van der Waals surface area contributed by atoms with Crippen LogP contribution in [0, 0.1) is 5.82 Å². The molecular weight excluding hydrogens is 349 g/mol. The molecule has 4 heterocycles. The van der Waals surface area contributed by atoms with Crippen molar-refractivity contribution in [3.05, 3.63) is 35.6 Å². The fourth-order valence-corrected chi connectivity index (χ4v) is 3.99. The Morgan fingerprint density at radius 1 is 1.22 bits per heavy atom. The molecule has 0 saturated carbocycles. The molecular formula is C19H22FN5O2. The molecule has 7 nitrogen and oxygen atoms in total. The van der Waals surface area contributed by atoms with Gasteiger partial charge < -0.3 is 9.26 Å². The molecule has 2 fully saturated rings. The van der Waals surface area contributed by atoms with Crippen molar-refractivity contribution in [3.63, 3.8) is 0 Å². The van der Waals surface area contributed by atoms with E-state index in [1.807, 2.05) is 6.92 Å². The zero-order chi connectivity index (χ0) is 18.4. The molecule has 0 unspecified atom stereocenters. The number of piperidine rings is 1. The Labute approximate surface area is 156 Å². The van der Waals surface area contributed by atoms with E-state index in [1.165, 1.54) is 12.1 Å². The number of likely N-dealkylation sites (tertiary alicyclic amines) is 1. The number of aromatic nitrogens is 4. The maximum absolute atomic E-state index is 13.8. The van der Waals surface area contributed by atoms with Crippen molar-refractivity contribution in [2.75, 3.05) is 26.3 Å². The number of rotatable bonds is 4. The molecule has 142 valence electrons. The minimum atomic E-state index is -0.303. The zero-order valence-electron chi connectivity index (χ0n) is 15.3. The summed E-state index contributed by atoms with van der Waals surface area (Å²) in [6.45, 7) is 5.76. The highest BCUT2D eigenvalue weighted by Crippen LogP contribution is 2.30. The molecule has 27 heavy (non-hydrogen) atoms. The molecule has 0 spiro atoms. The lowest BCUT2D eigenvalue weighted by Crippen LogP contribution is -2.51. The average molecular weight is 371 g/mol. The van der Waals surface area contributed by atoms with Gasteiger partial charge in [-0.15, -0.1) is 0 Å². The van der Waals surface area contributed by atoms with Crippen LogP contribution in [0.1, 0.15) is 37.3 Å². The van der Waals surface area contributed by atoms with Gasteiger partial charge in [0.2, 0.25) is 5.89 Å². The number of hydrogen-bond donors (Lipinski definition) is 0. The molecule has 2 saturated heterocycles. The first-order valence-corrected chi connectivity index (χ1v) is 9.56. The number of nitrogens with zero attached hydrogens (tertiary/aromatic N) is 5. The van der Waals surface area contributed by atoms with Crippen molar-refractivity contribution in [2.24, 2.45) is 0 Å².